The molecule has 1 heterocycles. The number of carbonyl (C=O) groups excluding carboxylic acids is 1. The van der Waals surface area contributed by atoms with Crippen molar-refractivity contribution in [3.8, 4) is 0 Å². The van der Waals surface area contributed by atoms with Crippen LogP contribution in [0.25, 0.3) is 0 Å². The summed E-state index contributed by atoms with van der Waals surface area (Å²) in [5.41, 5.74) is 10.5. The Morgan fingerprint density at radius 2 is 2.22 bits per heavy atom. The fourth-order valence-corrected chi connectivity index (χ4v) is 1.40. The first-order chi connectivity index (χ1) is 8.56. The van der Waals surface area contributed by atoms with Crippen molar-refractivity contribution < 1.29 is 9.72 Å². The van der Waals surface area contributed by atoms with E-state index < -0.39 is 10.8 Å². The molecular weight excluding hydrogens is 236 g/mol. The average molecular weight is 250 g/mol. The number of aryl methyl sites for hydroxylation is 1. The zero-order chi connectivity index (χ0) is 13.5. The van der Waals surface area contributed by atoms with Gasteiger partial charge in [0.05, 0.1) is 10.5 Å². The Balaban J connectivity index is 2.93. The summed E-state index contributed by atoms with van der Waals surface area (Å²) >= 11 is 0. The van der Waals surface area contributed by atoms with Crippen LogP contribution in [-0.2, 0) is 6.42 Å². The summed E-state index contributed by atoms with van der Waals surface area (Å²) < 4.78 is 0. The molecule has 1 aromatic heterocycles. The number of amides is 1. The maximum Gasteiger partial charge on any atom is 0.291 e. The number of nitro groups is 1. The number of allylic oxidation sites excluding steroid dienone is 1. The maximum absolute atomic E-state index is 10.9. The molecule has 0 saturated heterocycles. The summed E-state index contributed by atoms with van der Waals surface area (Å²) in [4.78, 5) is 25.1. The molecule has 7 nitrogen and oxygen atoms in total. The van der Waals surface area contributed by atoms with Crippen molar-refractivity contribution in [2.75, 3.05) is 6.54 Å². The Labute approximate surface area is 104 Å². The largest absolute Gasteiger partial charge is 0.366 e. The summed E-state index contributed by atoms with van der Waals surface area (Å²) in [6.45, 7) is 0.427. The van der Waals surface area contributed by atoms with Crippen molar-refractivity contribution in [2.45, 2.75) is 12.8 Å². The van der Waals surface area contributed by atoms with Gasteiger partial charge in [-0.15, -0.1) is 0 Å². The summed E-state index contributed by atoms with van der Waals surface area (Å²) in [7, 11) is 0. The van der Waals surface area contributed by atoms with Gasteiger partial charge in [0.25, 0.3) is 11.6 Å². The van der Waals surface area contributed by atoms with E-state index in [1.54, 1.807) is 6.08 Å². The minimum absolute atomic E-state index is 0.0305. The van der Waals surface area contributed by atoms with Crippen molar-refractivity contribution in [1.82, 2.24) is 4.98 Å². The second kappa shape index (κ2) is 6.45. The molecule has 0 spiro atoms. The van der Waals surface area contributed by atoms with Crippen LogP contribution in [0.3, 0.4) is 0 Å². The molecule has 0 unspecified atom stereocenters. The fourth-order valence-electron chi connectivity index (χ4n) is 1.40. The summed E-state index contributed by atoms with van der Waals surface area (Å²) in [5.74, 6) is -0.736. The number of hydrogen-bond donors (Lipinski definition) is 2. The van der Waals surface area contributed by atoms with E-state index in [0.717, 1.165) is 6.07 Å². The van der Waals surface area contributed by atoms with Gasteiger partial charge in [0, 0.05) is 25.2 Å². The minimum Gasteiger partial charge on any atom is -0.366 e. The van der Waals surface area contributed by atoms with Gasteiger partial charge in [-0.05, 0) is 6.42 Å². The SMILES string of the molecule is NC/C=C/CCc1ncc(C(N)=O)cc1[N+](=O)[O-]. The van der Waals surface area contributed by atoms with Gasteiger partial charge < -0.3 is 11.5 Å². The van der Waals surface area contributed by atoms with Crippen LogP contribution in [0.15, 0.2) is 24.4 Å². The topological polar surface area (TPSA) is 125 Å². The van der Waals surface area contributed by atoms with E-state index in [1.165, 1.54) is 6.20 Å². The van der Waals surface area contributed by atoms with Crippen LogP contribution in [-0.4, -0.2) is 22.4 Å². The molecule has 18 heavy (non-hydrogen) atoms. The highest BCUT2D eigenvalue weighted by Gasteiger charge is 2.17. The smallest absolute Gasteiger partial charge is 0.291 e. The first kappa shape index (κ1) is 13.8. The Morgan fingerprint density at radius 3 is 2.78 bits per heavy atom. The number of rotatable bonds is 6. The molecule has 0 aliphatic heterocycles. The third-order valence-electron chi connectivity index (χ3n) is 2.28. The normalized spacial score (nSPS) is 10.7. The second-order valence-corrected chi connectivity index (χ2v) is 3.56. The van der Waals surface area contributed by atoms with Crippen molar-refractivity contribution in [1.29, 1.82) is 0 Å². The van der Waals surface area contributed by atoms with E-state index in [2.05, 4.69) is 4.98 Å². The van der Waals surface area contributed by atoms with Crippen LogP contribution < -0.4 is 11.5 Å². The molecule has 0 bridgehead atoms. The van der Waals surface area contributed by atoms with Crippen LogP contribution >= 0.6 is 0 Å². The molecule has 0 aliphatic carbocycles. The summed E-state index contributed by atoms with van der Waals surface area (Å²) in [6, 6.07) is 1.15. The number of hydrogen-bond acceptors (Lipinski definition) is 5. The van der Waals surface area contributed by atoms with Crippen LogP contribution in [0.1, 0.15) is 22.5 Å². The highest BCUT2D eigenvalue weighted by molar-refractivity contribution is 5.93. The number of nitrogens with zero attached hydrogens (tertiary/aromatic N) is 2. The standard InChI is InChI=1S/C11H14N4O3/c12-5-3-1-2-4-9-10(15(17)18)6-8(7-14-9)11(13)16/h1,3,6-7H,2,4-5,12H2,(H2,13,16)/b3-1+. The Bertz CT molecular complexity index is 485. The lowest BCUT2D eigenvalue weighted by atomic mass is 10.1. The summed E-state index contributed by atoms with van der Waals surface area (Å²) in [6.07, 6.45) is 5.85. The van der Waals surface area contributed by atoms with Crippen LogP contribution in [0.2, 0.25) is 0 Å². The zero-order valence-corrected chi connectivity index (χ0v) is 9.70. The lowest BCUT2D eigenvalue weighted by Gasteiger charge is -2.02. The molecule has 96 valence electrons. The molecule has 0 aromatic carbocycles. The lowest BCUT2D eigenvalue weighted by molar-refractivity contribution is -0.385. The van der Waals surface area contributed by atoms with E-state index in [1.807, 2.05) is 6.08 Å². The molecule has 0 radical (unpaired) electrons. The molecule has 0 fully saturated rings. The second-order valence-electron chi connectivity index (χ2n) is 3.56. The van der Waals surface area contributed by atoms with Gasteiger partial charge >= 0.3 is 0 Å². The molecular formula is C11H14N4O3. The van der Waals surface area contributed by atoms with Gasteiger partial charge in [0.2, 0.25) is 0 Å². The van der Waals surface area contributed by atoms with Gasteiger partial charge in [0.15, 0.2) is 0 Å². The Kier molecular flexibility index (Phi) is 4.94. The fraction of sp³-hybridized carbons (Fsp3) is 0.273. The van der Waals surface area contributed by atoms with E-state index >= 15 is 0 Å². The number of carbonyl (C=O) groups is 1. The van der Waals surface area contributed by atoms with Crippen molar-refractivity contribution in [3.05, 3.63) is 45.8 Å². The van der Waals surface area contributed by atoms with Gasteiger partial charge in [-0.25, -0.2) is 0 Å². The molecule has 0 aliphatic rings. The molecule has 7 heteroatoms. The van der Waals surface area contributed by atoms with Gasteiger partial charge in [-0.2, -0.15) is 0 Å². The number of pyridine rings is 1. The van der Waals surface area contributed by atoms with Crippen LogP contribution in [0.5, 0.6) is 0 Å². The predicted molar refractivity (Wildman–Crippen MR) is 65.9 cm³/mol. The Hall–Kier alpha value is -2.28. The van der Waals surface area contributed by atoms with Gasteiger partial charge in [-0.3, -0.25) is 19.9 Å². The maximum atomic E-state index is 10.9. The number of aromatic nitrogens is 1. The quantitative estimate of drug-likeness (QED) is 0.433. The third-order valence-corrected chi connectivity index (χ3v) is 2.28. The minimum atomic E-state index is -0.736. The third kappa shape index (κ3) is 3.63. The van der Waals surface area contributed by atoms with Crippen molar-refractivity contribution in [2.24, 2.45) is 11.5 Å². The highest BCUT2D eigenvalue weighted by Crippen LogP contribution is 2.19. The zero-order valence-electron chi connectivity index (χ0n) is 9.70. The van der Waals surface area contributed by atoms with E-state index in [9.17, 15) is 14.9 Å². The molecule has 1 rings (SSSR count). The van der Waals surface area contributed by atoms with Crippen molar-refractivity contribution in [3.63, 3.8) is 0 Å². The molecule has 4 N–H and O–H groups in total. The van der Waals surface area contributed by atoms with Gasteiger partial charge in [0.1, 0.15) is 5.69 Å². The molecule has 1 aromatic rings. The van der Waals surface area contributed by atoms with E-state index in [0.29, 0.717) is 25.1 Å². The van der Waals surface area contributed by atoms with E-state index in [4.69, 9.17) is 11.5 Å². The first-order valence-electron chi connectivity index (χ1n) is 5.34. The Morgan fingerprint density at radius 1 is 1.50 bits per heavy atom. The summed E-state index contributed by atoms with van der Waals surface area (Å²) in [5, 5.41) is 10.9. The molecule has 1 amide bonds. The molecule has 0 saturated carbocycles. The number of nitrogens with two attached hydrogens (primary N) is 2. The van der Waals surface area contributed by atoms with Crippen LogP contribution in [0, 0.1) is 10.1 Å². The van der Waals surface area contributed by atoms with Gasteiger partial charge in [-0.1, -0.05) is 12.2 Å². The number of primary amides is 1. The van der Waals surface area contributed by atoms with Crippen LogP contribution in [0.4, 0.5) is 5.69 Å². The monoisotopic (exact) mass is 250 g/mol. The highest BCUT2D eigenvalue weighted by atomic mass is 16.6. The van der Waals surface area contributed by atoms with Crippen molar-refractivity contribution >= 4 is 11.6 Å². The predicted octanol–water partition coefficient (Wildman–Crippen LogP) is 0.536. The first-order valence-corrected chi connectivity index (χ1v) is 5.34. The lowest BCUT2D eigenvalue weighted by Crippen LogP contribution is -2.12. The average Bonchev–Trinajstić information content (AvgIpc) is 2.34. The molecule has 0 atom stereocenters. The van der Waals surface area contributed by atoms with E-state index in [-0.39, 0.29) is 11.3 Å².